The summed E-state index contributed by atoms with van der Waals surface area (Å²) in [6, 6.07) is 9.76. The summed E-state index contributed by atoms with van der Waals surface area (Å²) < 4.78 is 11.2. The number of hydrogen-bond donors (Lipinski definition) is 2. The normalized spacial score (nSPS) is 10.1. The number of aryl methyl sites for hydroxylation is 1. The summed E-state index contributed by atoms with van der Waals surface area (Å²) in [5.41, 5.74) is 2.17. The van der Waals surface area contributed by atoms with E-state index < -0.39 is 0 Å². The van der Waals surface area contributed by atoms with Crippen LogP contribution in [0.4, 0.5) is 5.82 Å². The molecule has 0 radical (unpaired) electrons. The zero-order valence-electron chi connectivity index (χ0n) is 14.3. The van der Waals surface area contributed by atoms with Crippen molar-refractivity contribution in [3.05, 3.63) is 47.7 Å². The maximum absolute atomic E-state index is 5.63. The summed E-state index contributed by atoms with van der Waals surface area (Å²) in [6.07, 6.45) is 1.80. The number of thiocarbonyl (C=S) groups is 1. The van der Waals surface area contributed by atoms with Crippen molar-refractivity contribution in [2.45, 2.75) is 27.3 Å². The summed E-state index contributed by atoms with van der Waals surface area (Å²) >= 11 is 5.30. The van der Waals surface area contributed by atoms with Crippen LogP contribution in [-0.4, -0.2) is 23.3 Å². The molecule has 0 aliphatic rings. The van der Waals surface area contributed by atoms with Gasteiger partial charge in [-0.05, 0) is 62.3 Å². The molecule has 0 bridgehead atoms. The van der Waals surface area contributed by atoms with E-state index in [9.17, 15) is 0 Å². The molecule has 1 heterocycles. The maximum Gasteiger partial charge on any atom is 0.172 e. The zero-order valence-corrected chi connectivity index (χ0v) is 15.1. The first kappa shape index (κ1) is 18.0. The standard InChI is InChI=1S/C18H23N3O2S/c1-4-22-15-8-7-14(10-16(15)23-5-2)12-20-18(24)21-17-9-6-13(3)11-19-17/h6-11H,4-5,12H2,1-3H3,(H2,19,20,21,24). The molecule has 0 fully saturated rings. The fourth-order valence-corrected chi connectivity index (χ4v) is 2.27. The second-order valence-corrected chi connectivity index (χ2v) is 5.58. The van der Waals surface area contributed by atoms with Gasteiger partial charge in [-0.2, -0.15) is 0 Å². The molecule has 2 rings (SSSR count). The third kappa shape index (κ3) is 5.38. The van der Waals surface area contributed by atoms with Crippen LogP contribution in [0.3, 0.4) is 0 Å². The van der Waals surface area contributed by atoms with E-state index in [2.05, 4.69) is 15.6 Å². The number of benzene rings is 1. The van der Waals surface area contributed by atoms with Crippen molar-refractivity contribution >= 4 is 23.1 Å². The highest BCUT2D eigenvalue weighted by Gasteiger charge is 2.07. The number of aromatic nitrogens is 1. The molecule has 2 aromatic rings. The van der Waals surface area contributed by atoms with E-state index in [4.69, 9.17) is 21.7 Å². The van der Waals surface area contributed by atoms with E-state index in [1.54, 1.807) is 6.20 Å². The first-order valence-corrected chi connectivity index (χ1v) is 8.39. The van der Waals surface area contributed by atoms with Crippen molar-refractivity contribution in [1.82, 2.24) is 10.3 Å². The maximum atomic E-state index is 5.63. The SMILES string of the molecule is CCOc1ccc(CNC(=S)Nc2ccc(C)cn2)cc1OCC. The van der Waals surface area contributed by atoms with Crippen LogP contribution in [0.1, 0.15) is 25.0 Å². The Morgan fingerprint density at radius 1 is 1.08 bits per heavy atom. The molecule has 128 valence electrons. The number of anilines is 1. The van der Waals surface area contributed by atoms with E-state index in [1.165, 1.54) is 0 Å². The summed E-state index contributed by atoms with van der Waals surface area (Å²) in [7, 11) is 0. The molecule has 0 amide bonds. The second-order valence-electron chi connectivity index (χ2n) is 5.18. The molecule has 1 aromatic carbocycles. The van der Waals surface area contributed by atoms with Crippen molar-refractivity contribution in [3.8, 4) is 11.5 Å². The third-order valence-corrected chi connectivity index (χ3v) is 3.46. The quantitative estimate of drug-likeness (QED) is 0.747. The number of ether oxygens (including phenoxy) is 2. The molecule has 0 unspecified atom stereocenters. The van der Waals surface area contributed by atoms with Crippen molar-refractivity contribution < 1.29 is 9.47 Å². The van der Waals surface area contributed by atoms with E-state index in [0.29, 0.717) is 24.9 Å². The monoisotopic (exact) mass is 345 g/mol. The van der Waals surface area contributed by atoms with Crippen molar-refractivity contribution in [2.75, 3.05) is 18.5 Å². The Balaban J connectivity index is 1.94. The summed E-state index contributed by atoms with van der Waals surface area (Å²) in [5, 5.41) is 6.76. The predicted molar refractivity (Wildman–Crippen MR) is 101 cm³/mol. The van der Waals surface area contributed by atoms with Crippen LogP contribution in [0.2, 0.25) is 0 Å². The molecular formula is C18H23N3O2S. The Kier molecular flexibility index (Phi) is 6.81. The van der Waals surface area contributed by atoms with Gasteiger partial charge in [0.05, 0.1) is 13.2 Å². The molecule has 0 atom stereocenters. The second kappa shape index (κ2) is 9.08. The van der Waals surface area contributed by atoms with Gasteiger partial charge in [0.25, 0.3) is 0 Å². The van der Waals surface area contributed by atoms with Gasteiger partial charge in [-0.15, -0.1) is 0 Å². The largest absolute Gasteiger partial charge is 0.490 e. The lowest BCUT2D eigenvalue weighted by Gasteiger charge is -2.14. The van der Waals surface area contributed by atoms with Gasteiger partial charge in [0.2, 0.25) is 0 Å². The minimum absolute atomic E-state index is 0.526. The molecule has 0 spiro atoms. The molecule has 2 N–H and O–H groups in total. The Morgan fingerprint density at radius 3 is 2.50 bits per heavy atom. The van der Waals surface area contributed by atoms with Crippen LogP contribution < -0.4 is 20.1 Å². The van der Waals surface area contributed by atoms with Gasteiger partial charge in [0.15, 0.2) is 16.6 Å². The van der Waals surface area contributed by atoms with Gasteiger partial charge in [-0.3, -0.25) is 0 Å². The fraction of sp³-hybridized carbons (Fsp3) is 0.333. The zero-order chi connectivity index (χ0) is 17.4. The molecule has 1 aromatic heterocycles. The highest BCUT2D eigenvalue weighted by Crippen LogP contribution is 2.28. The number of nitrogens with zero attached hydrogens (tertiary/aromatic N) is 1. The first-order valence-electron chi connectivity index (χ1n) is 7.98. The molecule has 0 saturated carbocycles. The Bertz CT molecular complexity index is 674. The molecule has 6 heteroatoms. The van der Waals surface area contributed by atoms with Gasteiger partial charge < -0.3 is 20.1 Å². The predicted octanol–water partition coefficient (Wildman–Crippen LogP) is 3.67. The molecule has 24 heavy (non-hydrogen) atoms. The van der Waals surface area contributed by atoms with Gasteiger partial charge in [0, 0.05) is 12.7 Å². The van der Waals surface area contributed by atoms with E-state index in [0.717, 1.165) is 28.4 Å². The summed E-state index contributed by atoms with van der Waals surface area (Å²) in [4.78, 5) is 4.27. The van der Waals surface area contributed by atoms with Crippen LogP contribution in [0.5, 0.6) is 11.5 Å². The van der Waals surface area contributed by atoms with Gasteiger partial charge in [0.1, 0.15) is 5.82 Å². The van der Waals surface area contributed by atoms with E-state index in [1.807, 2.05) is 51.1 Å². The molecule has 5 nitrogen and oxygen atoms in total. The third-order valence-electron chi connectivity index (χ3n) is 3.21. The number of rotatable bonds is 7. The lowest BCUT2D eigenvalue weighted by molar-refractivity contribution is 0.287. The van der Waals surface area contributed by atoms with Crippen LogP contribution in [0, 0.1) is 6.92 Å². The molecular weight excluding hydrogens is 322 g/mol. The van der Waals surface area contributed by atoms with Crippen molar-refractivity contribution in [2.24, 2.45) is 0 Å². The van der Waals surface area contributed by atoms with Crippen LogP contribution >= 0.6 is 12.2 Å². The lowest BCUT2D eigenvalue weighted by Crippen LogP contribution is -2.28. The fourth-order valence-electron chi connectivity index (χ4n) is 2.09. The molecule has 0 aliphatic heterocycles. The highest BCUT2D eigenvalue weighted by molar-refractivity contribution is 7.80. The summed E-state index contributed by atoms with van der Waals surface area (Å²) in [5.74, 6) is 2.23. The Morgan fingerprint density at radius 2 is 1.83 bits per heavy atom. The van der Waals surface area contributed by atoms with Gasteiger partial charge in [-0.1, -0.05) is 12.1 Å². The van der Waals surface area contributed by atoms with Gasteiger partial charge >= 0.3 is 0 Å². The molecule has 0 saturated heterocycles. The Labute approximate surface area is 148 Å². The van der Waals surface area contributed by atoms with E-state index >= 15 is 0 Å². The topological polar surface area (TPSA) is 55.4 Å². The van der Waals surface area contributed by atoms with Crippen molar-refractivity contribution in [1.29, 1.82) is 0 Å². The smallest absolute Gasteiger partial charge is 0.172 e. The lowest BCUT2D eigenvalue weighted by atomic mass is 10.2. The highest BCUT2D eigenvalue weighted by atomic mass is 32.1. The summed E-state index contributed by atoms with van der Waals surface area (Å²) in [6.45, 7) is 7.69. The van der Waals surface area contributed by atoms with E-state index in [-0.39, 0.29) is 0 Å². The number of nitrogens with one attached hydrogen (secondary N) is 2. The Hall–Kier alpha value is -2.34. The minimum Gasteiger partial charge on any atom is -0.490 e. The average Bonchev–Trinajstić information content (AvgIpc) is 2.57. The number of pyridine rings is 1. The molecule has 0 aliphatic carbocycles. The minimum atomic E-state index is 0.526. The van der Waals surface area contributed by atoms with Gasteiger partial charge in [-0.25, -0.2) is 4.98 Å². The van der Waals surface area contributed by atoms with Crippen LogP contribution in [0.25, 0.3) is 0 Å². The first-order chi connectivity index (χ1) is 11.6. The average molecular weight is 345 g/mol. The number of hydrogen-bond acceptors (Lipinski definition) is 4. The van der Waals surface area contributed by atoms with Crippen molar-refractivity contribution in [3.63, 3.8) is 0 Å². The van der Waals surface area contributed by atoms with Crippen LogP contribution in [-0.2, 0) is 6.54 Å². The van der Waals surface area contributed by atoms with Crippen LogP contribution in [0.15, 0.2) is 36.5 Å².